The fourth-order valence-corrected chi connectivity index (χ4v) is 1.75. The van der Waals surface area contributed by atoms with E-state index in [1.807, 2.05) is 0 Å². The van der Waals surface area contributed by atoms with E-state index in [0.717, 1.165) is 0 Å². The molecule has 0 amide bonds. The molecule has 96 valence electrons. The summed E-state index contributed by atoms with van der Waals surface area (Å²) in [6.07, 6.45) is 2.27. The second-order valence-corrected chi connectivity index (χ2v) is 3.59. The van der Waals surface area contributed by atoms with Gasteiger partial charge < -0.3 is 29.0 Å². The van der Waals surface area contributed by atoms with Gasteiger partial charge in [-0.1, -0.05) is 0 Å². The van der Waals surface area contributed by atoms with Gasteiger partial charge in [0.2, 0.25) is 0 Å². The number of hydrogen-bond acceptors (Lipinski definition) is 6. The number of hydrogen-bond donors (Lipinski definition) is 2. The van der Waals surface area contributed by atoms with Crippen LogP contribution in [0.5, 0.6) is 11.5 Å². The van der Waals surface area contributed by atoms with Crippen LogP contribution in [0.3, 0.4) is 0 Å². The summed E-state index contributed by atoms with van der Waals surface area (Å²) in [4.78, 5) is 0. The molecule has 0 aromatic heterocycles. The summed E-state index contributed by atoms with van der Waals surface area (Å²) in [7, 11) is 1.17. The first-order chi connectivity index (χ1) is 8.67. The van der Waals surface area contributed by atoms with E-state index in [2.05, 4.69) is 0 Å². The van der Waals surface area contributed by atoms with Gasteiger partial charge in [-0.2, -0.15) is 0 Å². The fraction of sp³-hybridized carbons (Fsp3) is 0.273. The van der Waals surface area contributed by atoms with Gasteiger partial charge in [-0.05, 0) is 12.1 Å². The highest BCUT2D eigenvalue weighted by Crippen LogP contribution is 2.30. The lowest BCUT2D eigenvalue weighted by Crippen LogP contribution is -2.33. The van der Waals surface area contributed by atoms with Crippen LogP contribution in [-0.2, 0) is 9.47 Å². The third kappa shape index (κ3) is 2.22. The molecule has 7 heteroatoms. The smallest absolute Gasteiger partial charge is 0.496 e. The van der Waals surface area contributed by atoms with Crippen molar-refractivity contribution in [2.45, 2.75) is 6.29 Å². The second-order valence-electron chi connectivity index (χ2n) is 3.59. The quantitative estimate of drug-likeness (QED) is 0.728. The van der Waals surface area contributed by atoms with Crippen molar-refractivity contribution < 1.29 is 29.0 Å². The average Bonchev–Trinajstić information content (AvgIpc) is 2.90. The molecule has 0 saturated heterocycles. The highest BCUT2D eigenvalue weighted by molar-refractivity contribution is 6.61. The van der Waals surface area contributed by atoms with Crippen molar-refractivity contribution in [1.29, 1.82) is 0 Å². The minimum atomic E-state index is -1.69. The molecule has 0 bridgehead atoms. The molecule has 2 rings (SSSR count). The van der Waals surface area contributed by atoms with Crippen LogP contribution in [0.4, 0.5) is 0 Å². The summed E-state index contributed by atoms with van der Waals surface area (Å²) in [5.74, 6) is 0.580. The van der Waals surface area contributed by atoms with Crippen LogP contribution in [0.2, 0.25) is 0 Å². The van der Waals surface area contributed by atoms with Gasteiger partial charge in [0.1, 0.15) is 24.0 Å². The Morgan fingerprint density at radius 1 is 1.06 bits per heavy atom. The topological polar surface area (TPSA) is 77.4 Å². The molecule has 1 aliphatic heterocycles. The van der Waals surface area contributed by atoms with Crippen LogP contribution in [0.15, 0.2) is 24.7 Å². The molecule has 0 fully saturated rings. The Bertz CT molecular complexity index is 426. The minimum Gasteiger partial charge on any atom is -0.497 e. The molecule has 0 radical (unpaired) electrons. The van der Waals surface area contributed by atoms with E-state index in [1.165, 1.54) is 26.7 Å². The van der Waals surface area contributed by atoms with Gasteiger partial charge >= 0.3 is 7.12 Å². The zero-order valence-corrected chi connectivity index (χ0v) is 9.99. The molecule has 1 aromatic rings. The van der Waals surface area contributed by atoms with Crippen LogP contribution in [0.25, 0.3) is 0 Å². The van der Waals surface area contributed by atoms with Crippen molar-refractivity contribution in [2.24, 2.45) is 0 Å². The van der Waals surface area contributed by atoms with Crippen LogP contribution >= 0.6 is 0 Å². The molecular weight excluding hydrogens is 239 g/mol. The Balaban J connectivity index is 2.45. The molecule has 6 nitrogen and oxygen atoms in total. The van der Waals surface area contributed by atoms with Crippen LogP contribution in [0.1, 0.15) is 11.9 Å². The third-order valence-corrected chi connectivity index (χ3v) is 2.56. The van der Waals surface area contributed by atoms with Gasteiger partial charge in [-0.15, -0.1) is 0 Å². The van der Waals surface area contributed by atoms with Gasteiger partial charge in [-0.3, -0.25) is 0 Å². The number of benzene rings is 1. The molecule has 0 saturated carbocycles. The van der Waals surface area contributed by atoms with Crippen molar-refractivity contribution in [2.75, 3.05) is 14.2 Å². The largest absolute Gasteiger partial charge is 0.497 e. The Kier molecular flexibility index (Phi) is 3.64. The van der Waals surface area contributed by atoms with Crippen LogP contribution in [0, 0.1) is 0 Å². The van der Waals surface area contributed by atoms with Crippen molar-refractivity contribution in [1.82, 2.24) is 0 Å². The van der Waals surface area contributed by atoms with Crippen LogP contribution < -0.4 is 14.9 Å². The minimum absolute atomic E-state index is 0.162. The van der Waals surface area contributed by atoms with Crippen LogP contribution in [-0.4, -0.2) is 31.4 Å². The summed E-state index contributed by atoms with van der Waals surface area (Å²) in [5, 5.41) is 18.6. The number of methoxy groups -OCH3 is 2. The highest BCUT2D eigenvalue weighted by atomic mass is 16.7. The summed E-state index contributed by atoms with van der Waals surface area (Å²) in [6, 6.07) is 3.21. The fourth-order valence-electron chi connectivity index (χ4n) is 1.75. The van der Waals surface area contributed by atoms with Gasteiger partial charge in [0.15, 0.2) is 0 Å². The molecular formula is C11H13BO6. The highest BCUT2D eigenvalue weighted by Gasteiger charge is 2.26. The summed E-state index contributed by atoms with van der Waals surface area (Å²) in [5.41, 5.74) is 0.813. The van der Waals surface area contributed by atoms with Gasteiger partial charge in [0, 0.05) is 5.56 Å². The Morgan fingerprint density at radius 3 is 1.94 bits per heavy atom. The third-order valence-electron chi connectivity index (χ3n) is 2.56. The van der Waals surface area contributed by atoms with Crippen molar-refractivity contribution in [3.63, 3.8) is 0 Å². The second kappa shape index (κ2) is 5.20. The average molecular weight is 252 g/mol. The Labute approximate surface area is 104 Å². The SMILES string of the molecule is COc1cc(C2OC=CO2)cc(OC)c1B(O)O. The van der Waals surface area contributed by atoms with Crippen molar-refractivity contribution in [3.8, 4) is 11.5 Å². The molecule has 0 unspecified atom stereocenters. The molecule has 2 N–H and O–H groups in total. The lowest BCUT2D eigenvalue weighted by Gasteiger charge is -2.17. The van der Waals surface area contributed by atoms with E-state index in [0.29, 0.717) is 17.1 Å². The molecule has 0 spiro atoms. The van der Waals surface area contributed by atoms with E-state index in [4.69, 9.17) is 18.9 Å². The maximum atomic E-state index is 9.32. The standard InChI is InChI=1S/C11H13BO6/c1-15-8-5-7(11-17-3-4-18-11)6-9(16-2)10(8)12(13)14/h3-6,11,13-14H,1-2H3. The maximum Gasteiger partial charge on any atom is 0.496 e. The van der Waals surface area contributed by atoms with E-state index in [1.54, 1.807) is 12.1 Å². The van der Waals surface area contributed by atoms with Crippen molar-refractivity contribution >= 4 is 12.6 Å². The summed E-state index contributed by atoms with van der Waals surface area (Å²) < 4.78 is 20.6. The van der Waals surface area contributed by atoms with E-state index in [-0.39, 0.29) is 5.46 Å². The number of rotatable bonds is 4. The normalized spacial score (nSPS) is 14.0. The summed E-state index contributed by atoms with van der Waals surface area (Å²) in [6.45, 7) is 0. The lowest BCUT2D eigenvalue weighted by molar-refractivity contribution is -0.0248. The van der Waals surface area contributed by atoms with E-state index in [9.17, 15) is 10.0 Å². The van der Waals surface area contributed by atoms with Crippen molar-refractivity contribution in [3.05, 3.63) is 30.2 Å². The lowest BCUT2D eigenvalue weighted by atomic mass is 9.78. The monoisotopic (exact) mass is 252 g/mol. The molecule has 0 aliphatic carbocycles. The molecule has 0 atom stereocenters. The molecule has 1 aromatic carbocycles. The predicted octanol–water partition coefficient (Wildman–Crippen LogP) is -0.0998. The Hall–Kier alpha value is -1.86. The van der Waals surface area contributed by atoms with Gasteiger partial charge in [-0.25, -0.2) is 0 Å². The molecule has 18 heavy (non-hydrogen) atoms. The maximum absolute atomic E-state index is 9.32. The zero-order valence-electron chi connectivity index (χ0n) is 9.99. The molecule has 1 heterocycles. The number of ether oxygens (including phenoxy) is 4. The summed E-state index contributed by atoms with van der Waals surface area (Å²) >= 11 is 0. The first-order valence-corrected chi connectivity index (χ1v) is 5.25. The molecule has 1 aliphatic rings. The van der Waals surface area contributed by atoms with Gasteiger partial charge in [0.25, 0.3) is 6.29 Å². The van der Waals surface area contributed by atoms with Gasteiger partial charge in [0.05, 0.1) is 19.7 Å². The van der Waals surface area contributed by atoms with E-state index < -0.39 is 13.4 Å². The van der Waals surface area contributed by atoms with E-state index >= 15 is 0 Å². The predicted molar refractivity (Wildman–Crippen MR) is 63.4 cm³/mol. The first-order valence-electron chi connectivity index (χ1n) is 5.25. The zero-order chi connectivity index (χ0) is 13.1. The Morgan fingerprint density at radius 2 is 1.56 bits per heavy atom. The first kappa shape index (κ1) is 12.6.